The lowest BCUT2D eigenvalue weighted by molar-refractivity contribution is -0.385. The molecule has 0 aliphatic rings. The summed E-state index contributed by atoms with van der Waals surface area (Å²) < 4.78 is 0. The monoisotopic (exact) mass is 339 g/mol. The molecule has 2 N–H and O–H groups in total. The number of benzene rings is 2. The largest absolute Gasteiger partial charge is 0.326 e. The summed E-state index contributed by atoms with van der Waals surface area (Å²) in [6.07, 6.45) is 2.63. The average Bonchev–Trinajstić information content (AvgIpc) is 2.55. The van der Waals surface area contributed by atoms with Crippen molar-refractivity contribution in [2.45, 2.75) is 13.8 Å². The molecule has 2 aromatic rings. The van der Waals surface area contributed by atoms with Crippen molar-refractivity contribution in [2.75, 3.05) is 10.6 Å². The van der Waals surface area contributed by atoms with E-state index >= 15 is 0 Å². The van der Waals surface area contributed by atoms with Crippen LogP contribution in [-0.4, -0.2) is 16.7 Å². The van der Waals surface area contributed by atoms with E-state index in [9.17, 15) is 19.7 Å². The minimum absolute atomic E-state index is 0.0675. The SMILES string of the molecule is CC(=O)Nc1ccc(NC(=O)/C=C/c2ccccc2[N+](=O)[O-])cc1C. The van der Waals surface area contributed by atoms with Gasteiger partial charge in [-0.3, -0.25) is 19.7 Å². The van der Waals surface area contributed by atoms with E-state index in [0.29, 0.717) is 16.9 Å². The molecular weight excluding hydrogens is 322 g/mol. The van der Waals surface area contributed by atoms with Crippen molar-refractivity contribution in [3.8, 4) is 0 Å². The maximum absolute atomic E-state index is 12.0. The van der Waals surface area contributed by atoms with Gasteiger partial charge in [-0.1, -0.05) is 12.1 Å². The number of carbonyl (C=O) groups is 2. The lowest BCUT2D eigenvalue weighted by Gasteiger charge is -2.09. The predicted octanol–water partition coefficient (Wildman–Crippen LogP) is 3.51. The van der Waals surface area contributed by atoms with Crippen molar-refractivity contribution in [3.05, 3.63) is 69.8 Å². The third-order valence-corrected chi connectivity index (χ3v) is 3.35. The number of hydrogen-bond donors (Lipinski definition) is 2. The summed E-state index contributed by atoms with van der Waals surface area (Å²) in [7, 11) is 0. The molecule has 0 bridgehead atoms. The molecule has 0 aliphatic heterocycles. The number of anilines is 2. The zero-order valence-electron chi connectivity index (χ0n) is 13.8. The van der Waals surface area contributed by atoms with Crippen molar-refractivity contribution < 1.29 is 14.5 Å². The summed E-state index contributed by atoms with van der Waals surface area (Å²) in [5.74, 6) is -0.586. The summed E-state index contributed by atoms with van der Waals surface area (Å²) in [5.41, 5.74) is 2.31. The first-order chi connectivity index (χ1) is 11.9. The predicted molar refractivity (Wildman–Crippen MR) is 96.2 cm³/mol. The minimum atomic E-state index is -0.498. The molecule has 0 radical (unpaired) electrons. The molecule has 25 heavy (non-hydrogen) atoms. The van der Waals surface area contributed by atoms with Crippen LogP contribution >= 0.6 is 0 Å². The van der Waals surface area contributed by atoms with Gasteiger partial charge >= 0.3 is 0 Å². The fraction of sp³-hybridized carbons (Fsp3) is 0.111. The normalized spacial score (nSPS) is 10.5. The van der Waals surface area contributed by atoms with Gasteiger partial charge in [-0.25, -0.2) is 0 Å². The smallest absolute Gasteiger partial charge is 0.276 e. The molecule has 2 amide bonds. The molecule has 0 unspecified atom stereocenters. The van der Waals surface area contributed by atoms with Gasteiger partial charge in [0.05, 0.1) is 10.5 Å². The molecule has 0 aliphatic carbocycles. The van der Waals surface area contributed by atoms with Crippen LogP contribution in [0.4, 0.5) is 17.1 Å². The van der Waals surface area contributed by atoms with Crippen LogP contribution in [0.2, 0.25) is 0 Å². The molecule has 0 spiro atoms. The van der Waals surface area contributed by atoms with E-state index in [2.05, 4.69) is 10.6 Å². The Morgan fingerprint density at radius 3 is 2.48 bits per heavy atom. The molecule has 128 valence electrons. The lowest BCUT2D eigenvalue weighted by atomic mass is 10.1. The van der Waals surface area contributed by atoms with Crippen molar-refractivity contribution in [1.82, 2.24) is 0 Å². The molecule has 2 rings (SSSR count). The number of nitrogens with zero attached hydrogens (tertiary/aromatic N) is 1. The molecule has 0 fully saturated rings. The van der Waals surface area contributed by atoms with Gasteiger partial charge in [-0.2, -0.15) is 0 Å². The second kappa shape index (κ2) is 7.87. The van der Waals surface area contributed by atoms with Gasteiger partial charge in [0.2, 0.25) is 11.8 Å². The van der Waals surface area contributed by atoms with Crippen LogP contribution in [0.3, 0.4) is 0 Å². The Bertz CT molecular complexity index is 859. The Balaban J connectivity index is 2.09. The highest BCUT2D eigenvalue weighted by atomic mass is 16.6. The van der Waals surface area contributed by atoms with Crippen molar-refractivity contribution in [1.29, 1.82) is 0 Å². The topological polar surface area (TPSA) is 101 Å². The Labute approximate surface area is 144 Å². The summed E-state index contributed by atoms with van der Waals surface area (Å²) in [5, 5.41) is 16.3. The van der Waals surface area contributed by atoms with Crippen LogP contribution in [-0.2, 0) is 9.59 Å². The molecule has 0 saturated heterocycles. The van der Waals surface area contributed by atoms with Gasteiger partial charge in [-0.15, -0.1) is 0 Å². The maximum Gasteiger partial charge on any atom is 0.276 e. The van der Waals surface area contributed by atoms with Gasteiger partial charge in [0.1, 0.15) is 0 Å². The highest BCUT2D eigenvalue weighted by Gasteiger charge is 2.10. The number of nitro groups is 1. The van der Waals surface area contributed by atoms with Crippen LogP contribution in [0.25, 0.3) is 6.08 Å². The first kappa shape index (κ1) is 17.9. The fourth-order valence-electron chi connectivity index (χ4n) is 2.22. The summed E-state index contributed by atoms with van der Waals surface area (Å²) in [4.78, 5) is 33.5. The highest BCUT2D eigenvalue weighted by molar-refractivity contribution is 6.02. The van der Waals surface area contributed by atoms with E-state index in [-0.39, 0.29) is 11.6 Å². The second-order valence-electron chi connectivity index (χ2n) is 5.35. The molecular formula is C18H17N3O4. The van der Waals surface area contributed by atoms with E-state index < -0.39 is 10.8 Å². The lowest BCUT2D eigenvalue weighted by Crippen LogP contribution is -2.10. The van der Waals surface area contributed by atoms with E-state index in [1.165, 1.54) is 25.1 Å². The molecule has 7 nitrogen and oxygen atoms in total. The number of amides is 2. The number of nitrogens with one attached hydrogen (secondary N) is 2. The number of rotatable bonds is 5. The van der Waals surface area contributed by atoms with Gasteiger partial charge in [0.15, 0.2) is 0 Å². The van der Waals surface area contributed by atoms with Gasteiger partial charge in [0.25, 0.3) is 5.69 Å². The number of para-hydroxylation sites is 1. The number of carbonyl (C=O) groups excluding carboxylic acids is 2. The van der Waals surface area contributed by atoms with Crippen molar-refractivity contribution in [3.63, 3.8) is 0 Å². The summed E-state index contributed by atoms with van der Waals surface area (Å²) in [6.45, 7) is 3.23. The molecule has 0 atom stereocenters. The van der Waals surface area contributed by atoms with Crippen LogP contribution in [0.5, 0.6) is 0 Å². The third-order valence-electron chi connectivity index (χ3n) is 3.35. The first-order valence-electron chi connectivity index (χ1n) is 7.47. The Hall–Kier alpha value is -3.48. The second-order valence-corrected chi connectivity index (χ2v) is 5.35. The van der Waals surface area contributed by atoms with Crippen molar-refractivity contribution in [2.24, 2.45) is 0 Å². The van der Waals surface area contributed by atoms with E-state index in [4.69, 9.17) is 0 Å². The van der Waals surface area contributed by atoms with Crippen LogP contribution in [0.1, 0.15) is 18.1 Å². The summed E-state index contributed by atoms with van der Waals surface area (Å²) in [6, 6.07) is 11.2. The highest BCUT2D eigenvalue weighted by Crippen LogP contribution is 2.21. The maximum atomic E-state index is 12.0. The fourth-order valence-corrected chi connectivity index (χ4v) is 2.22. The van der Waals surface area contributed by atoms with Gasteiger partial charge in [0, 0.05) is 30.4 Å². The Kier molecular flexibility index (Phi) is 5.62. The molecule has 7 heteroatoms. The van der Waals surface area contributed by atoms with E-state index in [1.807, 2.05) is 6.92 Å². The average molecular weight is 339 g/mol. The number of aryl methyl sites for hydroxylation is 1. The minimum Gasteiger partial charge on any atom is -0.326 e. The van der Waals surface area contributed by atoms with Gasteiger partial charge in [-0.05, 0) is 42.8 Å². The summed E-state index contributed by atoms with van der Waals surface area (Å²) >= 11 is 0. The van der Waals surface area contributed by atoms with Gasteiger partial charge < -0.3 is 10.6 Å². The van der Waals surface area contributed by atoms with Crippen LogP contribution in [0.15, 0.2) is 48.5 Å². The standard InChI is InChI=1S/C18H17N3O4/c1-12-11-15(8-9-16(12)19-13(2)22)20-18(23)10-7-14-5-3-4-6-17(14)21(24)25/h3-11H,1-2H3,(H,19,22)(H,20,23)/b10-7+. The zero-order chi connectivity index (χ0) is 18.4. The molecule has 0 aromatic heterocycles. The van der Waals surface area contributed by atoms with Crippen LogP contribution < -0.4 is 10.6 Å². The van der Waals surface area contributed by atoms with Crippen molar-refractivity contribution >= 4 is 35.0 Å². The van der Waals surface area contributed by atoms with E-state index in [1.54, 1.807) is 36.4 Å². The van der Waals surface area contributed by atoms with E-state index in [0.717, 1.165) is 5.56 Å². The Morgan fingerprint density at radius 2 is 1.84 bits per heavy atom. The Morgan fingerprint density at radius 1 is 1.12 bits per heavy atom. The molecule has 0 saturated carbocycles. The molecule has 0 heterocycles. The quantitative estimate of drug-likeness (QED) is 0.494. The number of nitro benzene ring substituents is 1. The number of hydrogen-bond acceptors (Lipinski definition) is 4. The third kappa shape index (κ3) is 5.00. The first-order valence-corrected chi connectivity index (χ1v) is 7.47. The zero-order valence-corrected chi connectivity index (χ0v) is 13.8. The molecule has 2 aromatic carbocycles. The van der Waals surface area contributed by atoms with Crippen LogP contribution in [0, 0.1) is 17.0 Å².